The lowest BCUT2D eigenvalue weighted by atomic mass is 9.99. The van der Waals surface area contributed by atoms with Gasteiger partial charge in [-0.05, 0) is 119 Å². The number of nitrogens with zero attached hydrogens (tertiary/aromatic N) is 2. The van der Waals surface area contributed by atoms with E-state index in [1.54, 1.807) is 44.2 Å². The molecule has 0 saturated heterocycles. The van der Waals surface area contributed by atoms with Crippen molar-refractivity contribution < 1.29 is 112 Å². The Balaban J connectivity index is 1.42. The van der Waals surface area contributed by atoms with Crippen molar-refractivity contribution in [3.05, 3.63) is 132 Å². The number of hydrogen-bond acceptors (Lipinski definition) is 26. The van der Waals surface area contributed by atoms with Gasteiger partial charge in [0, 0.05) is 64.4 Å². The summed E-state index contributed by atoms with van der Waals surface area (Å²) in [6, 6.07) is -5.11. The topological polar surface area (TPSA) is 777 Å². The van der Waals surface area contributed by atoms with E-state index in [0.29, 0.717) is 24.0 Å². The summed E-state index contributed by atoms with van der Waals surface area (Å²) in [5.74, 6) is -20.1. The van der Waals surface area contributed by atoms with Crippen molar-refractivity contribution in [2.45, 2.75) is 228 Å². The number of amides is 16. The number of aromatic hydroxyl groups is 2. The van der Waals surface area contributed by atoms with Gasteiger partial charge in [-0.25, -0.2) is 9.97 Å². The molecule has 704 valence electrons. The van der Waals surface area contributed by atoms with Crippen molar-refractivity contribution in [1.82, 2.24) is 99.7 Å². The first-order chi connectivity index (χ1) is 61.0. The van der Waals surface area contributed by atoms with Crippen LogP contribution in [0.4, 0.5) is 0 Å². The molecule has 0 radical (unpaired) electrons. The van der Waals surface area contributed by atoms with Crippen molar-refractivity contribution in [1.29, 1.82) is 5.41 Å². The zero-order valence-electron chi connectivity index (χ0n) is 72.0. The number of carboxylic acid groups (broad SMARTS) is 1. The fourth-order valence-corrected chi connectivity index (χ4v) is 12.9. The summed E-state index contributed by atoms with van der Waals surface area (Å²) in [6.45, 7) is 7.20. The molecule has 129 heavy (non-hydrogen) atoms. The summed E-state index contributed by atoms with van der Waals surface area (Å²) in [5, 5.41) is 107. The number of aromatic nitrogens is 4. The van der Waals surface area contributed by atoms with E-state index in [1.165, 1.54) is 80.5 Å². The number of phenolic OH excluding ortho intramolecular Hbond substituents is 2. The molecule has 5 aromatic rings. The molecule has 0 bridgehead atoms. The molecule has 2 aromatic heterocycles. The molecule has 16 atom stereocenters. The number of carboxylic acids is 1. The van der Waals surface area contributed by atoms with Crippen molar-refractivity contribution in [2.24, 2.45) is 28.9 Å². The number of H-pyrrole nitrogens is 2. The number of primary amides is 2. The Morgan fingerprint density at radius 3 is 1.19 bits per heavy atom. The van der Waals surface area contributed by atoms with Gasteiger partial charge < -0.3 is 143 Å². The summed E-state index contributed by atoms with van der Waals surface area (Å²) in [5.41, 5.74) is 23.3. The number of rotatable bonds is 56. The number of nitrogens with one attached hydrogen (secondary N) is 18. The number of carbonyl (C=O) groups excluding carboxylic acids is 16. The average molecular weight is 1810 g/mol. The molecule has 0 saturated carbocycles. The van der Waals surface area contributed by atoms with Crippen LogP contribution in [0.25, 0.3) is 0 Å². The first-order valence-electron chi connectivity index (χ1n) is 41.4. The van der Waals surface area contributed by atoms with Crippen LogP contribution in [0.5, 0.6) is 11.5 Å². The quantitative estimate of drug-likeness (QED) is 0.00977. The van der Waals surface area contributed by atoms with Gasteiger partial charge >= 0.3 is 5.97 Å². The van der Waals surface area contributed by atoms with Crippen LogP contribution < -0.4 is 103 Å². The van der Waals surface area contributed by atoms with E-state index in [4.69, 9.17) is 28.3 Å². The maximum absolute atomic E-state index is 15.0. The number of benzene rings is 3. The Morgan fingerprint density at radius 2 is 0.791 bits per heavy atom. The molecule has 32 N–H and O–H groups in total. The molecular formula is C82H118N24O23. The fourth-order valence-electron chi connectivity index (χ4n) is 12.9. The number of carbonyl (C=O) groups is 17. The van der Waals surface area contributed by atoms with Crippen molar-refractivity contribution in [3.63, 3.8) is 0 Å². The van der Waals surface area contributed by atoms with Gasteiger partial charge in [-0.1, -0.05) is 68.4 Å². The summed E-state index contributed by atoms with van der Waals surface area (Å²) >= 11 is 0. The molecule has 0 fully saturated rings. The van der Waals surface area contributed by atoms with Crippen LogP contribution in [0.2, 0.25) is 0 Å². The third kappa shape index (κ3) is 37.5. The van der Waals surface area contributed by atoms with Gasteiger partial charge in [-0.3, -0.25) is 86.9 Å². The predicted octanol–water partition coefficient (Wildman–Crippen LogP) is -7.70. The second-order valence-electron chi connectivity index (χ2n) is 31.1. The Labute approximate surface area is 740 Å². The number of nitrogens with two attached hydrogens (primary N) is 4. The Bertz CT molecular complexity index is 4600. The minimum absolute atomic E-state index is 0.0182. The zero-order chi connectivity index (χ0) is 95.7. The van der Waals surface area contributed by atoms with Gasteiger partial charge in [-0.2, -0.15) is 0 Å². The number of phenols is 2. The molecule has 0 aliphatic rings. The highest BCUT2D eigenvalue weighted by Crippen LogP contribution is 2.18. The minimum Gasteiger partial charge on any atom is -0.508 e. The van der Waals surface area contributed by atoms with Crippen LogP contribution in [-0.2, 0) is 114 Å². The first kappa shape index (κ1) is 105. The number of aliphatic carboxylic acids is 1. The summed E-state index contributed by atoms with van der Waals surface area (Å²) in [4.78, 5) is 250. The van der Waals surface area contributed by atoms with Gasteiger partial charge in [0.1, 0.15) is 96.1 Å². The smallest absolute Gasteiger partial charge is 0.305 e. The van der Waals surface area contributed by atoms with Crippen LogP contribution in [-0.4, -0.2) is 274 Å². The number of guanidine groups is 1. The van der Waals surface area contributed by atoms with Crippen molar-refractivity contribution in [3.8, 4) is 11.5 Å². The number of unbranched alkanes of at least 4 members (excludes halogenated alkanes) is 1. The second kappa shape index (κ2) is 53.3. The van der Waals surface area contributed by atoms with Crippen molar-refractivity contribution >= 4 is 106 Å². The summed E-state index contributed by atoms with van der Waals surface area (Å²) < 4.78 is 0. The maximum Gasteiger partial charge on any atom is 0.305 e. The highest BCUT2D eigenvalue weighted by Gasteiger charge is 2.40. The number of aromatic amines is 2. The number of aliphatic hydroxyl groups is 3. The van der Waals surface area contributed by atoms with E-state index in [1.807, 2.05) is 0 Å². The van der Waals surface area contributed by atoms with Crippen LogP contribution in [0.15, 0.2) is 104 Å². The van der Waals surface area contributed by atoms with E-state index >= 15 is 9.59 Å². The van der Waals surface area contributed by atoms with Gasteiger partial charge in [-0.15, -0.1) is 0 Å². The average Bonchev–Trinajstić information content (AvgIpc) is 1.66. The van der Waals surface area contributed by atoms with E-state index in [0.717, 1.165) is 20.8 Å². The third-order valence-electron chi connectivity index (χ3n) is 19.8. The number of imidazole rings is 2. The lowest BCUT2D eigenvalue weighted by molar-refractivity contribution is -0.141. The Morgan fingerprint density at radius 1 is 0.419 bits per heavy atom. The van der Waals surface area contributed by atoms with E-state index in [2.05, 4.69) is 99.7 Å². The molecular weight excluding hydrogens is 1690 g/mol. The van der Waals surface area contributed by atoms with E-state index in [-0.39, 0.29) is 80.1 Å². The fraction of sp³-hybridized carbons (Fsp3) is 0.488. The van der Waals surface area contributed by atoms with Crippen LogP contribution in [0.3, 0.4) is 0 Å². The monoisotopic (exact) mass is 1810 g/mol. The van der Waals surface area contributed by atoms with E-state index in [9.17, 15) is 103 Å². The molecule has 0 aliphatic carbocycles. The molecule has 0 unspecified atom stereocenters. The highest BCUT2D eigenvalue weighted by molar-refractivity contribution is 6.01. The first-order valence-corrected chi connectivity index (χ1v) is 41.4. The van der Waals surface area contributed by atoms with Gasteiger partial charge in [0.15, 0.2) is 5.96 Å². The molecule has 5 rings (SSSR count). The van der Waals surface area contributed by atoms with Crippen molar-refractivity contribution in [2.75, 3.05) is 19.7 Å². The molecule has 3 aromatic carbocycles. The highest BCUT2D eigenvalue weighted by atomic mass is 16.4. The van der Waals surface area contributed by atoms with E-state index < -0.39 is 254 Å². The number of aliphatic hydroxyl groups excluding tert-OH is 3. The SMILES string of the molecule is CC(=O)N[C@@H](CO)C(=O)N[C@@H](CCCNC(=N)N)C(=O)N[C@@H](Cc1ccc(O)cc1)C(=O)N[C@H](C(=O)N[C@@H](Cc1c[nH]cn1)C(=O)N[C@@H](Cc1ccccc1)C(=O)N[C@@H](CC(C)C)C(=O)N[C@H](C(=O)N[C@@H](CCC(N)=O)C(=O)N[C@@H](Cc1c[nH]cn1)C(=O)N[C@@H](Cc1ccc(O)cc1)C(=O)N[C@@H](CC(=O)O)C(=O)N[C@@H](C)C(=O)N[C@@H](CCCCN)C(N)=O)[C@@H](C)O)[C@@H](C)O. The zero-order valence-corrected chi connectivity index (χ0v) is 72.0. The molecule has 16 amide bonds. The van der Waals surface area contributed by atoms with Crippen LogP contribution >= 0.6 is 0 Å². The lowest BCUT2D eigenvalue weighted by Crippen LogP contribution is -2.63. The normalized spacial score (nSPS) is 14.8. The minimum atomic E-state index is -2.02. The molecule has 0 spiro atoms. The molecule has 0 aliphatic heterocycles. The molecule has 47 heteroatoms. The van der Waals surface area contributed by atoms with Gasteiger partial charge in [0.25, 0.3) is 0 Å². The Hall–Kier alpha value is -14.2. The van der Waals surface area contributed by atoms with Crippen LogP contribution in [0.1, 0.15) is 127 Å². The Kier molecular flexibility index (Phi) is 43.5. The predicted molar refractivity (Wildman–Crippen MR) is 459 cm³/mol. The maximum atomic E-state index is 15.0. The lowest BCUT2D eigenvalue weighted by Gasteiger charge is -2.30. The number of hydrogen-bond donors (Lipinski definition) is 28. The van der Waals surface area contributed by atoms with Crippen LogP contribution in [0, 0.1) is 11.3 Å². The standard InChI is InChI=1S/C82H118N24O23/c1-41(2)29-56(98-73(121)57(30-46-13-8-7-9-14-46)100-76(124)61(34-50-37-89-40-92-50)104-81(129)67(44(5)109)106-78(126)59(32-48-19-23-52(112)24-20-48)99-70(118)54(16-12-28-90-82(86)87)96-79(127)63(38-107)94-45(6)110)77(125)105-66(43(4)108)80(128)97-55(25-26-64(84)113)71(119)102-60(33-49-36-88-39-91-49)75(123)101-58(31-47-17-21-51(111)22-18-47)74(122)103-62(35-65(114)115)72(120)93-42(3)69(117)95-53(68(85)116)15-10-11-27-83/h7-9,13-14,17-24,36-37,39-44,53-63,66-67,107-109,111-112H,10-12,15-16,25-35,38,83H2,1-6H3,(H2,84,113)(H2,85,116)(H,88,91)(H,89,92)(H,93,120)(H,94,110)(H,95,117)(H,96,127)(H,97,128)(H,98,121)(H,99,118)(H,100,124)(H,101,123)(H,102,119)(H,103,122)(H,104,129)(H,105,125)(H,106,126)(H,114,115)(H4,86,87,90)/t42-,43+,44+,53-,54-,55-,56-,57-,58-,59-,60-,61-,62-,63-,66-,67-/m0/s1. The largest absolute Gasteiger partial charge is 0.508 e. The van der Waals surface area contributed by atoms with Gasteiger partial charge in [0.2, 0.25) is 94.5 Å². The summed E-state index contributed by atoms with van der Waals surface area (Å²) in [6.07, 6.45) is -2.23. The summed E-state index contributed by atoms with van der Waals surface area (Å²) in [7, 11) is 0. The molecule has 2 heterocycles. The third-order valence-corrected chi connectivity index (χ3v) is 19.8. The molecule has 47 nitrogen and oxygen atoms in total. The second-order valence-corrected chi connectivity index (χ2v) is 31.1. The van der Waals surface area contributed by atoms with Gasteiger partial charge in [0.05, 0.1) is 49.3 Å².